The molecule has 1 saturated carbocycles. The smallest absolute Gasteiger partial charge is 0.308 e. The van der Waals surface area contributed by atoms with Gasteiger partial charge >= 0.3 is 5.97 Å². The van der Waals surface area contributed by atoms with Crippen LogP contribution in [0.25, 0.3) is 0 Å². The standard InChI is InChI=1S/C16H19N3O3/c1-10-11(9-17)6-7-13(18-10)14(20)19-16(2)8-4-3-5-12(16)15(21)22/h6-7,12H,3-5,8H2,1-2H3,(H,19,20)(H,21,22). The van der Waals surface area contributed by atoms with E-state index in [0.29, 0.717) is 24.1 Å². The summed E-state index contributed by atoms with van der Waals surface area (Å²) in [6.07, 6.45) is 2.94. The Balaban J connectivity index is 2.21. The number of amides is 1. The second-order valence-electron chi connectivity index (χ2n) is 5.95. The predicted molar refractivity (Wildman–Crippen MR) is 79.2 cm³/mol. The maximum atomic E-state index is 12.4. The van der Waals surface area contributed by atoms with Crippen molar-refractivity contribution in [3.05, 3.63) is 29.1 Å². The van der Waals surface area contributed by atoms with Gasteiger partial charge in [0.05, 0.1) is 22.7 Å². The highest BCUT2D eigenvalue weighted by atomic mass is 16.4. The lowest BCUT2D eigenvalue weighted by atomic mass is 9.74. The summed E-state index contributed by atoms with van der Waals surface area (Å²) in [6.45, 7) is 3.44. The molecule has 0 bridgehead atoms. The highest BCUT2D eigenvalue weighted by molar-refractivity contribution is 5.93. The van der Waals surface area contributed by atoms with Gasteiger partial charge in [-0.25, -0.2) is 4.98 Å². The van der Waals surface area contributed by atoms with E-state index in [0.717, 1.165) is 12.8 Å². The van der Waals surface area contributed by atoms with Gasteiger partial charge in [-0.15, -0.1) is 0 Å². The van der Waals surface area contributed by atoms with Gasteiger partial charge in [0.2, 0.25) is 0 Å². The van der Waals surface area contributed by atoms with Gasteiger partial charge in [-0.05, 0) is 38.8 Å². The zero-order chi connectivity index (χ0) is 16.3. The second kappa shape index (κ2) is 6.14. The summed E-state index contributed by atoms with van der Waals surface area (Å²) >= 11 is 0. The van der Waals surface area contributed by atoms with Crippen molar-refractivity contribution in [2.24, 2.45) is 5.92 Å². The maximum Gasteiger partial charge on any atom is 0.308 e. The number of nitrogens with zero attached hydrogens (tertiary/aromatic N) is 2. The molecule has 0 spiro atoms. The van der Waals surface area contributed by atoms with Crippen LogP contribution in [-0.4, -0.2) is 27.5 Å². The largest absolute Gasteiger partial charge is 0.481 e. The fourth-order valence-corrected chi connectivity index (χ4v) is 3.01. The normalized spacial score (nSPS) is 24.3. The number of rotatable bonds is 3. The van der Waals surface area contributed by atoms with Crippen LogP contribution in [-0.2, 0) is 4.79 Å². The van der Waals surface area contributed by atoms with Crippen molar-refractivity contribution in [2.45, 2.75) is 45.1 Å². The fourth-order valence-electron chi connectivity index (χ4n) is 3.01. The van der Waals surface area contributed by atoms with E-state index >= 15 is 0 Å². The zero-order valence-corrected chi connectivity index (χ0v) is 12.7. The number of hydrogen-bond acceptors (Lipinski definition) is 4. The van der Waals surface area contributed by atoms with Gasteiger partial charge in [0.25, 0.3) is 5.91 Å². The lowest BCUT2D eigenvalue weighted by molar-refractivity contribution is -0.145. The molecule has 1 amide bonds. The molecule has 1 aliphatic carbocycles. The molecular formula is C16H19N3O3. The molecule has 1 fully saturated rings. The lowest BCUT2D eigenvalue weighted by Crippen LogP contribution is -2.55. The average molecular weight is 301 g/mol. The first-order valence-corrected chi connectivity index (χ1v) is 7.30. The van der Waals surface area contributed by atoms with Gasteiger partial charge < -0.3 is 10.4 Å². The SMILES string of the molecule is Cc1nc(C(=O)NC2(C)CCCCC2C(=O)O)ccc1C#N. The first-order valence-electron chi connectivity index (χ1n) is 7.30. The van der Waals surface area contributed by atoms with Crippen molar-refractivity contribution < 1.29 is 14.7 Å². The van der Waals surface area contributed by atoms with Gasteiger partial charge in [-0.1, -0.05) is 12.8 Å². The third-order valence-corrected chi connectivity index (χ3v) is 4.34. The zero-order valence-electron chi connectivity index (χ0n) is 12.7. The van der Waals surface area contributed by atoms with E-state index in [4.69, 9.17) is 5.26 Å². The predicted octanol–water partition coefficient (Wildman–Crippen LogP) is 2.03. The minimum absolute atomic E-state index is 0.201. The number of pyridine rings is 1. The number of carbonyl (C=O) groups excluding carboxylic acids is 1. The number of hydrogen-bond donors (Lipinski definition) is 2. The van der Waals surface area contributed by atoms with Crippen LogP contribution in [0.1, 0.15) is 54.4 Å². The number of aliphatic carboxylic acids is 1. The monoisotopic (exact) mass is 301 g/mol. The topological polar surface area (TPSA) is 103 Å². The Hall–Kier alpha value is -2.42. The number of nitriles is 1. The van der Waals surface area contributed by atoms with Crippen molar-refractivity contribution in [3.63, 3.8) is 0 Å². The van der Waals surface area contributed by atoms with Crippen LogP contribution < -0.4 is 5.32 Å². The Morgan fingerprint density at radius 2 is 2.18 bits per heavy atom. The molecule has 0 aromatic carbocycles. The molecular weight excluding hydrogens is 282 g/mol. The second-order valence-corrected chi connectivity index (χ2v) is 5.95. The van der Waals surface area contributed by atoms with E-state index in [9.17, 15) is 14.7 Å². The van der Waals surface area contributed by atoms with E-state index in [1.54, 1.807) is 19.9 Å². The van der Waals surface area contributed by atoms with E-state index in [-0.39, 0.29) is 5.69 Å². The quantitative estimate of drug-likeness (QED) is 0.889. The van der Waals surface area contributed by atoms with Crippen LogP contribution in [0.2, 0.25) is 0 Å². The molecule has 6 heteroatoms. The molecule has 1 aromatic heterocycles. The third-order valence-electron chi connectivity index (χ3n) is 4.34. The Morgan fingerprint density at radius 3 is 2.77 bits per heavy atom. The van der Waals surface area contributed by atoms with E-state index in [1.165, 1.54) is 6.07 Å². The van der Waals surface area contributed by atoms with Crippen molar-refractivity contribution in [1.82, 2.24) is 10.3 Å². The molecule has 116 valence electrons. The highest BCUT2D eigenvalue weighted by Crippen LogP contribution is 2.34. The Bertz CT molecular complexity index is 651. The fraction of sp³-hybridized carbons (Fsp3) is 0.500. The Morgan fingerprint density at radius 1 is 1.45 bits per heavy atom. The number of nitrogens with one attached hydrogen (secondary N) is 1. The molecule has 0 aliphatic heterocycles. The van der Waals surface area contributed by atoms with Gasteiger partial charge in [0.15, 0.2) is 0 Å². The van der Waals surface area contributed by atoms with Gasteiger partial charge in [0.1, 0.15) is 11.8 Å². The van der Waals surface area contributed by atoms with Crippen LogP contribution in [0.3, 0.4) is 0 Å². The number of carboxylic acids is 1. The minimum Gasteiger partial charge on any atom is -0.481 e. The van der Waals surface area contributed by atoms with Crippen molar-refractivity contribution in [1.29, 1.82) is 5.26 Å². The average Bonchev–Trinajstić information content (AvgIpc) is 2.46. The Kier molecular flexibility index (Phi) is 4.45. The first kappa shape index (κ1) is 16.0. The molecule has 22 heavy (non-hydrogen) atoms. The molecule has 2 atom stereocenters. The summed E-state index contributed by atoms with van der Waals surface area (Å²) in [7, 11) is 0. The maximum absolute atomic E-state index is 12.4. The Labute approximate surface area is 129 Å². The van der Waals surface area contributed by atoms with Crippen LogP contribution in [0.15, 0.2) is 12.1 Å². The third kappa shape index (κ3) is 3.08. The summed E-state index contributed by atoms with van der Waals surface area (Å²) in [5.41, 5.74) is 0.333. The molecule has 2 N–H and O–H groups in total. The molecule has 1 aliphatic rings. The summed E-state index contributed by atoms with van der Waals surface area (Å²) in [5, 5.41) is 21.1. The number of aryl methyl sites for hydroxylation is 1. The summed E-state index contributed by atoms with van der Waals surface area (Å²) in [4.78, 5) is 27.9. The molecule has 2 rings (SSSR count). The number of carboxylic acid groups (broad SMARTS) is 1. The molecule has 0 saturated heterocycles. The van der Waals surface area contributed by atoms with Crippen LogP contribution in [0.4, 0.5) is 0 Å². The van der Waals surface area contributed by atoms with Crippen molar-refractivity contribution in [2.75, 3.05) is 0 Å². The van der Waals surface area contributed by atoms with E-state index in [1.807, 2.05) is 6.07 Å². The lowest BCUT2D eigenvalue weighted by Gasteiger charge is -2.39. The van der Waals surface area contributed by atoms with E-state index < -0.39 is 23.3 Å². The van der Waals surface area contributed by atoms with Crippen LogP contribution >= 0.6 is 0 Å². The summed E-state index contributed by atoms with van der Waals surface area (Å²) in [5.74, 6) is -1.88. The van der Waals surface area contributed by atoms with Gasteiger partial charge in [-0.2, -0.15) is 5.26 Å². The first-order chi connectivity index (χ1) is 10.4. The summed E-state index contributed by atoms with van der Waals surface area (Å²) in [6, 6.07) is 5.04. The van der Waals surface area contributed by atoms with Crippen LogP contribution in [0, 0.1) is 24.2 Å². The number of carbonyl (C=O) groups is 2. The molecule has 2 unspecified atom stereocenters. The minimum atomic E-state index is -0.883. The molecule has 0 radical (unpaired) electrons. The molecule has 1 heterocycles. The van der Waals surface area contributed by atoms with E-state index in [2.05, 4.69) is 10.3 Å². The van der Waals surface area contributed by atoms with Crippen molar-refractivity contribution >= 4 is 11.9 Å². The van der Waals surface area contributed by atoms with Gasteiger partial charge in [-0.3, -0.25) is 9.59 Å². The molecule has 6 nitrogen and oxygen atoms in total. The van der Waals surface area contributed by atoms with Crippen molar-refractivity contribution in [3.8, 4) is 6.07 Å². The van der Waals surface area contributed by atoms with Gasteiger partial charge in [0, 0.05) is 0 Å². The summed E-state index contributed by atoms with van der Waals surface area (Å²) < 4.78 is 0. The van der Waals surface area contributed by atoms with Crippen LogP contribution in [0.5, 0.6) is 0 Å². The number of aromatic nitrogens is 1. The highest BCUT2D eigenvalue weighted by Gasteiger charge is 2.42. The molecule has 1 aromatic rings.